The second-order valence-corrected chi connectivity index (χ2v) is 6.19. The van der Waals surface area contributed by atoms with Crippen LogP contribution in [0, 0.1) is 5.92 Å². The lowest BCUT2D eigenvalue weighted by Crippen LogP contribution is -1.96. The Morgan fingerprint density at radius 1 is 1.47 bits per heavy atom. The third-order valence-corrected chi connectivity index (χ3v) is 3.86. The molecule has 2 aromatic heterocycles. The zero-order chi connectivity index (χ0) is 13.2. The number of aromatic nitrogens is 5. The molecule has 0 bridgehead atoms. The molecule has 0 atom stereocenters. The van der Waals surface area contributed by atoms with Gasteiger partial charge in [-0.1, -0.05) is 30.8 Å². The summed E-state index contributed by atoms with van der Waals surface area (Å²) >= 11 is 1.61. The van der Waals surface area contributed by atoms with Gasteiger partial charge in [0.2, 0.25) is 5.89 Å². The predicted octanol–water partition coefficient (Wildman–Crippen LogP) is 2.49. The van der Waals surface area contributed by atoms with Crippen molar-refractivity contribution < 1.29 is 4.52 Å². The molecular formula is C12H17N5OS. The van der Waals surface area contributed by atoms with Crippen LogP contribution in [0.25, 0.3) is 0 Å². The predicted molar refractivity (Wildman–Crippen MR) is 70.7 cm³/mol. The third kappa shape index (κ3) is 3.15. The summed E-state index contributed by atoms with van der Waals surface area (Å²) in [6.45, 7) is 4.27. The van der Waals surface area contributed by atoms with E-state index in [1.807, 2.05) is 0 Å². The first-order valence-corrected chi connectivity index (χ1v) is 7.54. The molecule has 1 fully saturated rings. The maximum Gasteiger partial charge on any atom is 0.226 e. The highest BCUT2D eigenvalue weighted by atomic mass is 32.2. The van der Waals surface area contributed by atoms with Crippen LogP contribution in [0.4, 0.5) is 0 Å². The summed E-state index contributed by atoms with van der Waals surface area (Å²) in [7, 11) is 0. The summed E-state index contributed by atoms with van der Waals surface area (Å²) in [6.07, 6.45) is 5.09. The molecule has 0 aromatic carbocycles. The summed E-state index contributed by atoms with van der Waals surface area (Å²) in [5.41, 5.74) is 0. The zero-order valence-electron chi connectivity index (χ0n) is 11.1. The van der Waals surface area contributed by atoms with Crippen LogP contribution in [0.3, 0.4) is 0 Å². The van der Waals surface area contributed by atoms with Gasteiger partial charge in [-0.25, -0.2) is 0 Å². The van der Waals surface area contributed by atoms with Crippen molar-refractivity contribution in [1.29, 1.82) is 0 Å². The van der Waals surface area contributed by atoms with Crippen LogP contribution in [0.15, 0.2) is 16.0 Å². The van der Waals surface area contributed by atoms with Gasteiger partial charge in [-0.15, -0.1) is 10.2 Å². The number of rotatable bonds is 6. The quantitative estimate of drug-likeness (QED) is 0.757. The van der Waals surface area contributed by atoms with Crippen molar-refractivity contribution in [2.75, 3.05) is 0 Å². The summed E-state index contributed by atoms with van der Waals surface area (Å²) in [5.74, 6) is 2.65. The normalized spacial score (nSPS) is 15.3. The van der Waals surface area contributed by atoms with Crippen LogP contribution in [-0.4, -0.2) is 24.9 Å². The Kier molecular flexibility index (Phi) is 3.54. The molecule has 102 valence electrons. The molecule has 19 heavy (non-hydrogen) atoms. The molecule has 0 spiro atoms. The SMILES string of the molecule is CC(C)Cc1nc(CSc2nncn2C2CC2)no1. The summed E-state index contributed by atoms with van der Waals surface area (Å²) < 4.78 is 7.36. The Morgan fingerprint density at radius 3 is 3.05 bits per heavy atom. The Balaban J connectivity index is 1.59. The molecule has 3 rings (SSSR count). The summed E-state index contributed by atoms with van der Waals surface area (Å²) in [4.78, 5) is 4.38. The van der Waals surface area contributed by atoms with E-state index in [9.17, 15) is 0 Å². The fraction of sp³-hybridized carbons (Fsp3) is 0.667. The summed E-state index contributed by atoms with van der Waals surface area (Å²) in [5, 5.41) is 13.0. The van der Waals surface area contributed by atoms with Gasteiger partial charge in [0.05, 0.1) is 5.75 Å². The van der Waals surface area contributed by atoms with Gasteiger partial charge in [-0.3, -0.25) is 0 Å². The Bertz CT molecular complexity index is 546. The van der Waals surface area contributed by atoms with Gasteiger partial charge in [-0.05, 0) is 18.8 Å². The van der Waals surface area contributed by atoms with Crippen molar-refractivity contribution in [3.63, 3.8) is 0 Å². The van der Waals surface area contributed by atoms with Crippen LogP contribution >= 0.6 is 11.8 Å². The molecule has 6 nitrogen and oxygen atoms in total. The molecule has 1 saturated carbocycles. The van der Waals surface area contributed by atoms with E-state index in [2.05, 4.69) is 38.8 Å². The molecule has 0 aliphatic heterocycles. The van der Waals surface area contributed by atoms with Gasteiger partial charge < -0.3 is 9.09 Å². The van der Waals surface area contributed by atoms with Crippen molar-refractivity contribution in [2.45, 2.75) is 50.1 Å². The first-order chi connectivity index (χ1) is 9.22. The fourth-order valence-electron chi connectivity index (χ4n) is 1.85. The van der Waals surface area contributed by atoms with Crippen LogP contribution in [0.1, 0.15) is 44.4 Å². The highest BCUT2D eigenvalue weighted by Gasteiger charge is 2.26. The molecule has 0 radical (unpaired) electrons. The molecule has 0 amide bonds. The smallest absolute Gasteiger partial charge is 0.226 e. The second kappa shape index (κ2) is 5.32. The largest absolute Gasteiger partial charge is 0.339 e. The minimum Gasteiger partial charge on any atom is -0.339 e. The van der Waals surface area contributed by atoms with Crippen molar-refractivity contribution in [3.05, 3.63) is 18.0 Å². The van der Waals surface area contributed by atoms with Crippen LogP contribution in [0.2, 0.25) is 0 Å². The number of nitrogens with zero attached hydrogens (tertiary/aromatic N) is 5. The Hall–Kier alpha value is -1.37. The molecule has 0 N–H and O–H groups in total. The average Bonchev–Trinajstić information content (AvgIpc) is 2.94. The number of thioether (sulfide) groups is 1. The van der Waals surface area contributed by atoms with E-state index in [0.717, 1.165) is 17.4 Å². The van der Waals surface area contributed by atoms with E-state index in [1.54, 1.807) is 18.1 Å². The number of hydrogen-bond acceptors (Lipinski definition) is 6. The molecule has 1 aliphatic rings. The Labute approximate surface area is 116 Å². The van der Waals surface area contributed by atoms with Gasteiger partial charge in [-0.2, -0.15) is 4.98 Å². The molecule has 7 heteroatoms. The van der Waals surface area contributed by atoms with Gasteiger partial charge in [0.1, 0.15) is 6.33 Å². The van der Waals surface area contributed by atoms with E-state index in [1.165, 1.54) is 12.8 Å². The first kappa shape index (κ1) is 12.7. The molecule has 0 saturated heterocycles. The maximum absolute atomic E-state index is 5.22. The van der Waals surface area contributed by atoms with Gasteiger partial charge in [0, 0.05) is 12.5 Å². The highest BCUT2D eigenvalue weighted by Crippen LogP contribution is 2.37. The lowest BCUT2D eigenvalue weighted by atomic mass is 10.1. The van der Waals surface area contributed by atoms with Gasteiger partial charge >= 0.3 is 0 Å². The van der Waals surface area contributed by atoms with E-state index < -0.39 is 0 Å². The molecule has 2 aromatic rings. The van der Waals surface area contributed by atoms with E-state index in [-0.39, 0.29) is 0 Å². The van der Waals surface area contributed by atoms with Crippen LogP contribution in [-0.2, 0) is 12.2 Å². The van der Waals surface area contributed by atoms with Gasteiger partial charge in [0.15, 0.2) is 11.0 Å². The molecule has 2 heterocycles. The van der Waals surface area contributed by atoms with Crippen molar-refractivity contribution >= 4 is 11.8 Å². The first-order valence-electron chi connectivity index (χ1n) is 6.56. The van der Waals surface area contributed by atoms with Crippen molar-refractivity contribution in [1.82, 2.24) is 24.9 Å². The number of hydrogen-bond donors (Lipinski definition) is 0. The fourth-order valence-corrected chi connectivity index (χ4v) is 2.67. The van der Waals surface area contributed by atoms with E-state index >= 15 is 0 Å². The lowest BCUT2D eigenvalue weighted by Gasteiger charge is -2.01. The Morgan fingerprint density at radius 2 is 2.32 bits per heavy atom. The molecule has 1 aliphatic carbocycles. The molecular weight excluding hydrogens is 262 g/mol. The third-order valence-electron chi connectivity index (χ3n) is 2.90. The van der Waals surface area contributed by atoms with Crippen molar-refractivity contribution in [3.8, 4) is 0 Å². The topological polar surface area (TPSA) is 69.6 Å². The average molecular weight is 279 g/mol. The maximum atomic E-state index is 5.22. The minimum atomic E-state index is 0.527. The lowest BCUT2D eigenvalue weighted by molar-refractivity contribution is 0.360. The van der Waals surface area contributed by atoms with E-state index in [4.69, 9.17) is 4.52 Å². The van der Waals surface area contributed by atoms with E-state index in [0.29, 0.717) is 23.6 Å². The zero-order valence-corrected chi connectivity index (χ0v) is 11.9. The van der Waals surface area contributed by atoms with Crippen LogP contribution < -0.4 is 0 Å². The monoisotopic (exact) mass is 279 g/mol. The standard InChI is InChI=1S/C12H17N5OS/c1-8(2)5-11-14-10(16-18-11)6-19-12-15-13-7-17(12)9-3-4-9/h7-9H,3-6H2,1-2H3. The van der Waals surface area contributed by atoms with Crippen molar-refractivity contribution in [2.24, 2.45) is 5.92 Å². The summed E-state index contributed by atoms with van der Waals surface area (Å²) in [6, 6.07) is 0.597. The van der Waals surface area contributed by atoms with Gasteiger partial charge in [0.25, 0.3) is 0 Å². The molecule has 0 unspecified atom stereocenters. The van der Waals surface area contributed by atoms with Crippen LogP contribution in [0.5, 0.6) is 0 Å². The highest BCUT2D eigenvalue weighted by molar-refractivity contribution is 7.98. The minimum absolute atomic E-state index is 0.527. The second-order valence-electron chi connectivity index (χ2n) is 5.24.